The Balaban J connectivity index is 1.82. The topological polar surface area (TPSA) is 79.0 Å². The van der Waals surface area contributed by atoms with Gasteiger partial charge in [-0.05, 0) is 38.0 Å². The lowest BCUT2D eigenvalue weighted by Gasteiger charge is -2.36. The third-order valence-corrected chi connectivity index (χ3v) is 5.48. The van der Waals surface area contributed by atoms with Crippen LogP contribution in [-0.2, 0) is 19.9 Å². The third kappa shape index (κ3) is 4.27. The number of halogens is 1. The molecule has 2 saturated heterocycles. The van der Waals surface area contributed by atoms with E-state index in [1.54, 1.807) is 4.90 Å². The summed E-state index contributed by atoms with van der Waals surface area (Å²) >= 11 is 0. The molecule has 4 amide bonds. The number of benzene rings is 1. The van der Waals surface area contributed by atoms with E-state index in [9.17, 15) is 18.8 Å². The van der Waals surface area contributed by atoms with Gasteiger partial charge in [0, 0.05) is 13.1 Å². The first kappa shape index (κ1) is 21.2. The van der Waals surface area contributed by atoms with Gasteiger partial charge in [-0.1, -0.05) is 31.9 Å². The molecule has 0 aromatic heterocycles. The number of hydrogen-bond acceptors (Lipinski definition) is 4. The van der Waals surface area contributed by atoms with E-state index in [-0.39, 0.29) is 24.7 Å². The summed E-state index contributed by atoms with van der Waals surface area (Å²) in [6.45, 7) is 6.28. The van der Waals surface area contributed by atoms with Crippen LogP contribution in [0.25, 0.3) is 0 Å². The maximum Gasteiger partial charge on any atom is 0.325 e. The molecular weight excluding hydrogens is 377 g/mol. The third-order valence-electron chi connectivity index (χ3n) is 5.48. The Morgan fingerprint density at radius 2 is 1.83 bits per heavy atom. The van der Waals surface area contributed by atoms with Crippen molar-refractivity contribution in [3.63, 3.8) is 0 Å². The molecular formula is C21H28FN3O4. The molecule has 2 heterocycles. The summed E-state index contributed by atoms with van der Waals surface area (Å²) < 4.78 is 19.0. The van der Waals surface area contributed by atoms with E-state index >= 15 is 0 Å². The zero-order valence-electron chi connectivity index (χ0n) is 17.1. The quantitative estimate of drug-likeness (QED) is 0.737. The van der Waals surface area contributed by atoms with Gasteiger partial charge in [0.2, 0.25) is 5.91 Å². The van der Waals surface area contributed by atoms with Gasteiger partial charge in [-0.15, -0.1) is 0 Å². The van der Waals surface area contributed by atoms with Gasteiger partial charge in [0.25, 0.3) is 5.91 Å². The van der Waals surface area contributed by atoms with Crippen molar-refractivity contribution in [2.75, 3.05) is 19.6 Å². The van der Waals surface area contributed by atoms with E-state index in [0.717, 1.165) is 11.3 Å². The number of carbonyl (C=O) groups is 3. The molecule has 3 rings (SSSR count). The molecule has 1 aromatic carbocycles. The highest BCUT2D eigenvalue weighted by atomic mass is 19.1. The molecule has 0 spiro atoms. The average molecular weight is 405 g/mol. The lowest BCUT2D eigenvalue weighted by Crippen LogP contribution is -2.52. The minimum absolute atomic E-state index is 0.103. The van der Waals surface area contributed by atoms with E-state index in [1.165, 1.54) is 24.3 Å². The Bertz CT molecular complexity index is 775. The maximum absolute atomic E-state index is 13.4. The van der Waals surface area contributed by atoms with Crippen LogP contribution in [0.1, 0.15) is 45.6 Å². The molecule has 2 aliphatic heterocycles. The highest BCUT2D eigenvalue weighted by molar-refractivity contribution is 6.09. The van der Waals surface area contributed by atoms with E-state index in [2.05, 4.69) is 5.32 Å². The maximum atomic E-state index is 13.4. The van der Waals surface area contributed by atoms with Gasteiger partial charge in [0.15, 0.2) is 0 Å². The first-order valence-corrected chi connectivity index (χ1v) is 10.1. The van der Waals surface area contributed by atoms with E-state index < -0.39 is 23.3 Å². The Hall–Kier alpha value is -2.48. The normalized spacial score (nSPS) is 27.3. The smallest absolute Gasteiger partial charge is 0.325 e. The van der Waals surface area contributed by atoms with Crippen LogP contribution in [0.5, 0.6) is 0 Å². The molecule has 158 valence electrons. The predicted octanol–water partition coefficient (Wildman–Crippen LogP) is 2.40. The number of imide groups is 1. The average Bonchev–Trinajstić information content (AvgIpc) is 2.91. The van der Waals surface area contributed by atoms with Crippen LogP contribution in [0.4, 0.5) is 9.18 Å². The van der Waals surface area contributed by atoms with Gasteiger partial charge >= 0.3 is 6.03 Å². The molecule has 0 aliphatic carbocycles. The molecule has 0 saturated carbocycles. The zero-order chi connectivity index (χ0) is 21.2. The van der Waals surface area contributed by atoms with Crippen molar-refractivity contribution in [1.29, 1.82) is 0 Å². The number of amides is 4. The highest BCUT2D eigenvalue weighted by Crippen LogP contribution is 2.34. The number of rotatable bonds is 6. The first-order chi connectivity index (χ1) is 13.8. The number of urea groups is 1. The molecule has 29 heavy (non-hydrogen) atoms. The monoisotopic (exact) mass is 405 g/mol. The van der Waals surface area contributed by atoms with Crippen molar-refractivity contribution in [1.82, 2.24) is 15.1 Å². The molecule has 0 radical (unpaired) electrons. The fourth-order valence-corrected chi connectivity index (χ4v) is 4.07. The summed E-state index contributed by atoms with van der Waals surface area (Å²) in [5.41, 5.74) is -0.749. The number of nitrogens with zero attached hydrogens (tertiary/aromatic N) is 2. The molecule has 2 aliphatic rings. The number of carbonyl (C=O) groups excluding carboxylic acids is 3. The van der Waals surface area contributed by atoms with Crippen LogP contribution in [0.2, 0.25) is 0 Å². The van der Waals surface area contributed by atoms with Crippen LogP contribution in [-0.4, -0.2) is 59.5 Å². The van der Waals surface area contributed by atoms with Gasteiger partial charge in [-0.2, -0.15) is 0 Å². The van der Waals surface area contributed by atoms with Crippen molar-refractivity contribution < 1.29 is 23.5 Å². The fraction of sp³-hybridized carbons (Fsp3) is 0.571. The summed E-state index contributed by atoms with van der Waals surface area (Å²) in [6, 6.07) is 4.97. The van der Waals surface area contributed by atoms with Crippen LogP contribution < -0.4 is 5.32 Å². The number of unbranched alkanes of at least 4 members (excludes halogenated alkanes) is 1. The van der Waals surface area contributed by atoms with Crippen molar-refractivity contribution in [2.45, 2.75) is 57.8 Å². The lowest BCUT2D eigenvalue weighted by molar-refractivity contribution is -0.147. The Labute approximate surface area is 170 Å². The van der Waals surface area contributed by atoms with Gasteiger partial charge in [0.05, 0.1) is 12.2 Å². The van der Waals surface area contributed by atoms with Crippen LogP contribution in [0.15, 0.2) is 24.3 Å². The molecule has 2 fully saturated rings. The molecule has 3 atom stereocenters. The van der Waals surface area contributed by atoms with E-state index in [1.807, 2.05) is 20.8 Å². The number of morpholine rings is 1. The highest BCUT2D eigenvalue weighted by Gasteiger charge is 2.52. The summed E-state index contributed by atoms with van der Waals surface area (Å²) in [5.74, 6) is -1.18. The number of hydrogen-bond donors (Lipinski definition) is 1. The fourth-order valence-electron chi connectivity index (χ4n) is 4.07. The minimum Gasteiger partial charge on any atom is -0.372 e. The summed E-state index contributed by atoms with van der Waals surface area (Å²) in [7, 11) is 0. The predicted molar refractivity (Wildman–Crippen MR) is 104 cm³/mol. The first-order valence-electron chi connectivity index (χ1n) is 10.1. The number of ether oxygens (including phenoxy) is 1. The van der Waals surface area contributed by atoms with Crippen molar-refractivity contribution in [2.24, 2.45) is 0 Å². The van der Waals surface area contributed by atoms with Crippen molar-refractivity contribution in [3.8, 4) is 0 Å². The Morgan fingerprint density at radius 3 is 2.41 bits per heavy atom. The molecule has 7 nitrogen and oxygen atoms in total. The molecule has 0 bridgehead atoms. The van der Waals surface area contributed by atoms with Crippen molar-refractivity contribution in [3.05, 3.63) is 35.6 Å². The summed E-state index contributed by atoms with van der Waals surface area (Å²) in [4.78, 5) is 41.4. The second-order valence-electron chi connectivity index (χ2n) is 7.89. The van der Waals surface area contributed by atoms with E-state index in [0.29, 0.717) is 31.5 Å². The van der Waals surface area contributed by atoms with E-state index in [4.69, 9.17) is 4.74 Å². The lowest BCUT2D eigenvalue weighted by atomic mass is 9.85. The van der Waals surface area contributed by atoms with Gasteiger partial charge in [-0.25, -0.2) is 9.18 Å². The number of nitrogens with one attached hydrogen (secondary N) is 1. The second-order valence-corrected chi connectivity index (χ2v) is 7.89. The summed E-state index contributed by atoms with van der Waals surface area (Å²) in [6.07, 6.45) is 1.70. The molecule has 3 unspecified atom stereocenters. The summed E-state index contributed by atoms with van der Waals surface area (Å²) in [5, 5.41) is 2.78. The zero-order valence-corrected chi connectivity index (χ0v) is 17.1. The van der Waals surface area contributed by atoms with Gasteiger partial charge < -0.3 is 15.0 Å². The molecule has 8 heteroatoms. The SMILES string of the molecule is CCCCC1(c2ccc(F)cc2)NC(=O)N(CC(=O)N2CC(C)OC(C)C2)C1=O. The van der Waals surface area contributed by atoms with Crippen LogP contribution in [0, 0.1) is 5.82 Å². The Morgan fingerprint density at radius 1 is 1.21 bits per heavy atom. The minimum atomic E-state index is -1.27. The van der Waals surface area contributed by atoms with Crippen LogP contribution >= 0.6 is 0 Å². The second kappa shape index (κ2) is 8.49. The van der Waals surface area contributed by atoms with Gasteiger partial charge in [0.1, 0.15) is 17.9 Å². The molecule has 1 aromatic rings. The standard InChI is InChI=1S/C21H28FN3O4/c1-4-5-10-21(16-6-8-17(22)9-7-16)19(27)25(20(28)23-21)13-18(26)24-11-14(2)29-15(3)12-24/h6-9,14-15H,4-5,10-13H2,1-3H3,(H,23,28). The molecule has 1 N–H and O–H groups in total. The largest absolute Gasteiger partial charge is 0.372 e. The Kier molecular flexibility index (Phi) is 6.21. The van der Waals surface area contributed by atoms with Crippen molar-refractivity contribution >= 4 is 17.8 Å². The van der Waals surface area contributed by atoms with Gasteiger partial charge in [-0.3, -0.25) is 14.5 Å². The van der Waals surface area contributed by atoms with Crippen LogP contribution in [0.3, 0.4) is 0 Å².